The van der Waals surface area contributed by atoms with E-state index in [0.717, 1.165) is 0 Å². The summed E-state index contributed by atoms with van der Waals surface area (Å²) in [5.41, 5.74) is 1.27. The standard InChI is InChI=1S/C13H10ClFN2O2/c14-13-7-12(17(18)19)5-4-9(13)8-16-11-3-1-2-10(15)6-11/h1-7,16H,8H2. The lowest BCUT2D eigenvalue weighted by Crippen LogP contribution is -2.00. The van der Waals surface area contributed by atoms with Crippen LogP contribution in [-0.4, -0.2) is 4.92 Å². The zero-order valence-electron chi connectivity index (χ0n) is 9.77. The van der Waals surface area contributed by atoms with E-state index < -0.39 is 4.92 Å². The monoisotopic (exact) mass is 280 g/mol. The Balaban J connectivity index is 2.10. The fraction of sp³-hybridized carbons (Fsp3) is 0.0769. The zero-order valence-corrected chi connectivity index (χ0v) is 10.5. The number of non-ortho nitro benzene ring substituents is 1. The molecule has 0 aliphatic rings. The Labute approximate surface area is 114 Å². The van der Waals surface area contributed by atoms with Crippen molar-refractivity contribution < 1.29 is 9.31 Å². The minimum Gasteiger partial charge on any atom is -0.381 e. The Morgan fingerprint density at radius 2 is 2.05 bits per heavy atom. The Kier molecular flexibility index (Phi) is 3.97. The number of nitro benzene ring substituents is 1. The number of hydrogen-bond acceptors (Lipinski definition) is 3. The van der Waals surface area contributed by atoms with Crippen molar-refractivity contribution in [3.63, 3.8) is 0 Å². The molecule has 2 aromatic carbocycles. The highest BCUT2D eigenvalue weighted by molar-refractivity contribution is 6.31. The molecule has 0 heterocycles. The molecule has 19 heavy (non-hydrogen) atoms. The molecule has 0 aromatic heterocycles. The summed E-state index contributed by atoms with van der Waals surface area (Å²) in [6.45, 7) is 0.361. The van der Waals surface area contributed by atoms with Crippen LogP contribution in [0, 0.1) is 15.9 Å². The number of anilines is 1. The Morgan fingerprint density at radius 3 is 2.68 bits per heavy atom. The van der Waals surface area contributed by atoms with E-state index in [4.69, 9.17) is 11.6 Å². The molecule has 4 nitrogen and oxygen atoms in total. The second-order valence-electron chi connectivity index (χ2n) is 3.90. The van der Waals surface area contributed by atoms with Crippen LogP contribution < -0.4 is 5.32 Å². The van der Waals surface area contributed by atoms with Crippen molar-refractivity contribution in [2.75, 3.05) is 5.32 Å². The van der Waals surface area contributed by atoms with Crippen LogP contribution in [0.5, 0.6) is 0 Å². The predicted molar refractivity (Wildman–Crippen MR) is 71.8 cm³/mol. The first-order chi connectivity index (χ1) is 9.06. The molecule has 0 bridgehead atoms. The van der Waals surface area contributed by atoms with Crippen molar-refractivity contribution in [1.82, 2.24) is 0 Å². The van der Waals surface area contributed by atoms with Crippen LogP contribution in [0.25, 0.3) is 0 Å². The van der Waals surface area contributed by atoms with E-state index >= 15 is 0 Å². The Morgan fingerprint density at radius 1 is 1.26 bits per heavy atom. The minimum absolute atomic E-state index is 0.0560. The molecule has 0 aliphatic heterocycles. The van der Waals surface area contributed by atoms with E-state index in [9.17, 15) is 14.5 Å². The largest absolute Gasteiger partial charge is 0.381 e. The van der Waals surface area contributed by atoms with Crippen LogP contribution in [0.1, 0.15) is 5.56 Å². The number of halogens is 2. The number of nitro groups is 1. The average Bonchev–Trinajstić information content (AvgIpc) is 2.37. The summed E-state index contributed by atoms with van der Waals surface area (Å²) in [7, 11) is 0. The summed E-state index contributed by atoms with van der Waals surface area (Å²) < 4.78 is 13.0. The van der Waals surface area contributed by atoms with Gasteiger partial charge in [0.15, 0.2) is 0 Å². The van der Waals surface area contributed by atoms with Gasteiger partial charge in [-0.2, -0.15) is 0 Å². The molecule has 0 unspecified atom stereocenters. The van der Waals surface area contributed by atoms with E-state index in [1.54, 1.807) is 18.2 Å². The van der Waals surface area contributed by atoms with Gasteiger partial charge in [0.25, 0.3) is 5.69 Å². The molecular weight excluding hydrogens is 271 g/mol. The van der Waals surface area contributed by atoms with Crippen molar-refractivity contribution >= 4 is 23.0 Å². The van der Waals surface area contributed by atoms with Gasteiger partial charge in [0.1, 0.15) is 5.82 Å². The van der Waals surface area contributed by atoms with Gasteiger partial charge in [-0.25, -0.2) is 4.39 Å². The molecule has 0 aliphatic carbocycles. The molecule has 0 saturated carbocycles. The lowest BCUT2D eigenvalue weighted by Gasteiger charge is -2.08. The topological polar surface area (TPSA) is 55.2 Å². The van der Waals surface area contributed by atoms with Crippen molar-refractivity contribution in [2.24, 2.45) is 0 Å². The number of nitrogens with zero attached hydrogens (tertiary/aromatic N) is 1. The zero-order chi connectivity index (χ0) is 13.8. The number of hydrogen-bond donors (Lipinski definition) is 1. The van der Waals surface area contributed by atoms with E-state index in [-0.39, 0.29) is 11.5 Å². The van der Waals surface area contributed by atoms with E-state index in [1.807, 2.05) is 0 Å². The summed E-state index contributed by atoms with van der Waals surface area (Å²) in [6, 6.07) is 10.3. The van der Waals surface area contributed by atoms with E-state index in [2.05, 4.69) is 5.32 Å². The first-order valence-electron chi connectivity index (χ1n) is 5.48. The van der Waals surface area contributed by atoms with Gasteiger partial charge in [-0.1, -0.05) is 17.7 Å². The third-order valence-electron chi connectivity index (χ3n) is 2.56. The third kappa shape index (κ3) is 3.42. The van der Waals surface area contributed by atoms with Gasteiger partial charge < -0.3 is 5.32 Å². The highest BCUT2D eigenvalue weighted by Gasteiger charge is 2.09. The van der Waals surface area contributed by atoms with Crippen molar-refractivity contribution in [2.45, 2.75) is 6.54 Å². The first-order valence-corrected chi connectivity index (χ1v) is 5.86. The molecular formula is C13H10ClFN2O2. The lowest BCUT2D eigenvalue weighted by atomic mass is 10.2. The van der Waals surface area contributed by atoms with Crippen LogP contribution in [0.4, 0.5) is 15.8 Å². The maximum atomic E-state index is 13.0. The average molecular weight is 281 g/mol. The minimum atomic E-state index is -0.504. The smallest absolute Gasteiger partial charge is 0.270 e. The summed E-state index contributed by atoms with van der Waals surface area (Å²) in [5, 5.41) is 13.9. The molecule has 6 heteroatoms. The van der Waals surface area contributed by atoms with Crippen LogP contribution in [0.2, 0.25) is 5.02 Å². The van der Waals surface area contributed by atoms with Gasteiger partial charge in [-0.15, -0.1) is 0 Å². The predicted octanol–water partition coefficient (Wildman–Crippen LogP) is 4.00. The molecule has 0 radical (unpaired) electrons. The molecule has 2 aromatic rings. The van der Waals surface area contributed by atoms with Crippen LogP contribution in [-0.2, 0) is 6.54 Å². The maximum absolute atomic E-state index is 13.0. The van der Waals surface area contributed by atoms with Crippen molar-refractivity contribution in [3.8, 4) is 0 Å². The number of benzene rings is 2. The molecule has 98 valence electrons. The molecule has 0 fully saturated rings. The van der Waals surface area contributed by atoms with Crippen LogP contribution >= 0.6 is 11.6 Å². The third-order valence-corrected chi connectivity index (χ3v) is 2.91. The molecule has 0 atom stereocenters. The highest BCUT2D eigenvalue weighted by Crippen LogP contribution is 2.23. The number of nitrogens with one attached hydrogen (secondary N) is 1. The Bertz CT molecular complexity index is 619. The first kappa shape index (κ1) is 13.3. The van der Waals surface area contributed by atoms with Gasteiger partial charge in [0.05, 0.1) is 9.95 Å². The van der Waals surface area contributed by atoms with Gasteiger partial charge >= 0.3 is 0 Å². The summed E-state index contributed by atoms with van der Waals surface area (Å²) in [6.07, 6.45) is 0. The van der Waals surface area contributed by atoms with Gasteiger partial charge in [0, 0.05) is 24.4 Å². The molecule has 2 rings (SSSR count). The van der Waals surface area contributed by atoms with Crippen LogP contribution in [0.3, 0.4) is 0 Å². The van der Waals surface area contributed by atoms with Gasteiger partial charge in [-0.05, 0) is 29.8 Å². The normalized spacial score (nSPS) is 10.2. The van der Waals surface area contributed by atoms with Gasteiger partial charge in [0.2, 0.25) is 0 Å². The lowest BCUT2D eigenvalue weighted by molar-refractivity contribution is -0.384. The molecule has 0 amide bonds. The molecule has 1 N–H and O–H groups in total. The quantitative estimate of drug-likeness (QED) is 0.680. The fourth-order valence-corrected chi connectivity index (χ4v) is 1.83. The number of rotatable bonds is 4. The van der Waals surface area contributed by atoms with E-state index in [1.165, 1.54) is 24.3 Å². The van der Waals surface area contributed by atoms with Crippen molar-refractivity contribution in [3.05, 3.63) is 69.0 Å². The molecule has 0 spiro atoms. The second-order valence-corrected chi connectivity index (χ2v) is 4.30. The fourth-order valence-electron chi connectivity index (χ4n) is 1.59. The summed E-state index contributed by atoms with van der Waals surface area (Å²) >= 11 is 5.95. The van der Waals surface area contributed by atoms with Crippen molar-refractivity contribution in [1.29, 1.82) is 0 Å². The highest BCUT2D eigenvalue weighted by atomic mass is 35.5. The summed E-state index contributed by atoms with van der Waals surface area (Å²) in [5.74, 6) is -0.334. The molecule has 0 saturated heterocycles. The summed E-state index contributed by atoms with van der Waals surface area (Å²) in [4.78, 5) is 10.1. The SMILES string of the molecule is O=[N+]([O-])c1ccc(CNc2cccc(F)c2)c(Cl)c1. The maximum Gasteiger partial charge on any atom is 0.270 e. The Hall–Kier alpha value is -2.14. The van der Waals surface area contributed by atoms with Gasteiger partial charge in [-0.3, -0.25) is 10.1 Å². The second kappa shape index (κ2) is 5.67. The van der Waals surface area contributed by atoms with Crippen LogP contribution in [0.15, 0.2) is 42.5 Å². The van der Waals surface area contributed by atoms with E-state index in [0.29, 0.717) is 22.8 Å².